The molecule has 1 aromatic rings. The minimum Gasteiger partial charge on any atom is -0.271 e. The van der Waals surface area contributed by atoms with Crippen LogP contribution in [-0.2, 0) is 0 Å². The molecule has 2 heteroatoms. The summed E-state index contributed by atoms with van der Waals surface area (Å²) in [4.78, 5) is 0. The third kappa shape index (κ3) is 3.19. The Hall–Kier alpha value is -1.12. The lowest BCUT2D eigenvalue weighted by Gasteiger charge is -2.18. The van der Waals surface area contributed by atoms with E-state index < -0.39 is 0 Å². The third-order valence-electron chi connectivity index (χ3n) is 3.13. The van der Waals surface area contributed by atoms with Crippen molar-refractivity contribution in [1.82, 2.24) is 5.43 Å². The van der Waals surface area contributed by atoms with Gasteiger partial charge in [-0.3, -0.25) is 11.3 Å². The lowest BCUT2D eigenvalue weighted by atomic mass is 9.96. The van der Waals surface area contributed by atoms with Crippen LogP contribution < -0.4 is 11.3 Å². The van der Waals surface area contributed by atoms with Gasteiger partial charge >= 0.3 is 0 Å². The van der Waals surface area contributed by atoms with E-state index in [1.165, 1.54) is 22.3 Å². The number of benzene rings is 1. The Morgan fingerprint density at radius 3 is 2.56 bits per heavy atom. The number of aryl methyl sites for hydroxylation is 2. The molecule has 0 aromatic heterocycles. The summed E-state index contributed by atoms with van der Waals surface area (Å²) in [5.41, 5.74) is 7.95. The second-order valence-electron chi connectivity index (χ2n) is 4.37. The van der Waals surface area contributed by atoms with Gasteiger partial charge in [-0.1, -0.05) is 37.3 Å². The van der Waals surface area contributed by atoms with E-state index in [4.69, 9.17) is 5.84 Å². The second kappa shape index (κ2) is 5.83. The highest BCUT2D eigenvalue weighted by atomic mass is 15.2. The Balaban J connectivity index is 2.86. The normalized spacial score (nSPS) is 12.5. The molecule has 1 aromatic carbocycles. The van der Waals surface area contributed by atoms with Gasteiger partial charge < -0.3 is 0 Å². The molecule has 0 amide bonds. The summed E-state index contributed by atoms with van der Waals surface area (Å²) in [6.45, 7) is 10.4. The van der Waals surface area contributed by atoms with E-state index in [1.54, 1.807) is 0 Å². The topological polar surface area (TPSA) is 38.0 Å². The maximum Gasteiger partial charge on any atom is 0.0497 e. The van der Waals surface area contributed by atoms with Crippen LogP contribution in [-0.4, -0.2) is 0 Å². The first-order valence-corrected chi connectivity index (χ1v) is 5.78. The minimum atomic E-state index is 0.173. The van der Waals surface area contributed by atoms with Crippen LogP contribution in [0.4, 0.5) is 0 Å². The first-order valence-electron chi connectivity index (χ1n) is 5.78. The molecule has 0 heterocycles. The van der Waals surface area contributed by atoms with Gasteiger partial charge in [0.05, 0.1) is 0 Å². The van der Waals surface area contributed by atoms with Gasteiger partial charge in [-0.05, 0) is 43.4 Å². The van der Waals surface area contributed by atoms with Crippen molar-refractivity contribution in [3.05, 3.63) is 47.0 Å². The van der Waals surface area contributed by atoms with Crippen LogP contribution in [0, 0.1) is 13.8 Å². The fourth-order valence-electron chi connectivity index (χ4n) is 1.69. The lowest BCUT2D eigenvalue weighted by Crippen LogP contribution is -2.28. The van der Waals surface area contributed by atoms with E-state index in [0.29, 0.717) is 0 Å². The van der Waals surface area contributed by atoms with Crippen molar-refractivity contribution in [2.75, 3.05) is 0 Å². The fraction of sp³-hybridized carbons (Fsp3) is 0.429. The molecule has 0 aliphatic heterocycles. The zero-order chi connectivity index (χ0) is 12.1. The van der Waals surface area contributed by atoms with E-state index >= 15 is 0 Å². The standard InChI is InChI=1S/C14H22N2/c1-5-10(2)8-14(16-15)13-7-6-11(3)12(4)9-13/h6-7,9,14,16H,2,5,8,15H2,1,3-4H3. The summed E-state index contributed by atoms with van der Waals surface area (Å²) >= 11 is 0. The van der Waals surface area contributed by atoms with Crippen molar-refractivity contribution in [3.8, 4) is 0 Å². The van der Waals surface area contributed by atoms with Gasteiger partial charge in [0.25, 0.3) is 0 Å². The number of nitrogens with two attached hydrogens (primary N) is 1. The van der Waals surface area contributed by atoms with Gasteiger partial charge in [-0.15, -0.1) is 0 Å². The van der Waals surface area contributed by atoms with Crippen LogP contribution in [0.5, 0.6) is 0 Å². The minimum absolute atomic E-state index is 0.173. The molecule has 0 saturated carbocycles. The highest BCUT2D eigenvalue weighted by Crippen LogP contribution is 2.23. The average Bonchev–Trinajstić information content (AvgIpc) is 2.29. The molecule has 0 radical (unpaired) electrons. The molecule has 1 rings (SSSR count). The number of hydrogen-bond acceptors (Lipinski definition) is 2. The van der Waals surface area contributed by atoms with Crippen LogP contribution in [0.25, 0.3) is 0 Å². The molecule has 3 N–H and O–H groups in total. The average molecular weight is 218 g/mol. The quantitative estimate of drug-likeness (QED) is 0.452. The summed E-state index contributed by atoms with van der Waals surface area (Å²) in [6.07, 6.45) is 1.90. The number of nitrogens with one attached hydrogen (secondary N) is 1. The molecule has 16 heavy (non-hydrogen) atoms. The second-order valence-corrected chi connectivity index (χ2v) is 4.37. The molecule has 0 bridgehead atoms. The molecule has 0 aliphatic carbocycles. The molecule has 0 saturated heterocycles. The Morgan fingerprint density at radius 2 is 2.06 bits per heavy atom. The van der Waals surface area contributed by atoms with Gasteiger partial charge in [0.1, 0.15) is 0 Å². The number of hydrogen-bond donors (Lipinski definition) is 2. The maximum atomic E-state index is 5.60. The number of hydrazine groups is 1. The smallest absolute Gasteiger partial charge is 0.0497 e. The molecular weight excluding hydrogens is 196 g/mol. The Labute approximate surface area is 98.5 Å². The highest BCUT2D eigenvalue weighted by molar-refractivity contribution is 5.32. The van der Waals surface area contributed by atoms with Gasteiger partial charge in [-0.25, -0.2) is 0 Å². The van der Waals surface area contributed by atoms with E-state index in [-0.39, 0.29) is 6.04 Å². The third-order valence-corrected chi connectivity index (χ3v) is 3.13. The molecule has 0 fully saturated rings. The van der Waals surface area contributed by atoms with Gasteiger partial charge in [-0.2, -0.15) is 0 Å². The first-order chi connectivity index (χ1) is 7.58. The van der Waals surface area contributed by atoms with Crippen molar-refractivity contribution < 1.29 is 0 Å². The van der Waals surface area contributed by atoms with Gasteiger partial charge in [0, 0.05) is 6.04 Å². The first kappa shape index (κ1) is 12.9. The Bertz CT molecular complexity index is 369. The molecule has 1 atom stereocenters. The monoisotopic (exact) mass is 218 g/mol. The van der Waals surface area contributed by atoms with E-state index in [2.05, 4.69) is 51.0 Å². The summed E-state index contributed by atoms with van der Waals surface area (Å²) in [5, 5.41) is 0. The van der Waals surface area contributed by atoms with Crippen molar-refractivity contribution >= 4 is 0 Å². The largest absolute Gasteiger partial charge is 0.271 e. The van der Waals surface area contributed by atoms with E-state index in [0.717, 1.165) is 12.8 Å². The molecule has 88 valence electrons. The van der Waals surface area contributed by atoms with Crippen LogP contribution in [0.3, 0.4) is 0 Å². The summed E-state index contributed by atoms with van der Waals surface area (Å²) in [5.74, 6) is 5.60. The van der Waals surface area contributed by atoms with Crippen molar-refractivity contribution in [3.63, 3.8) is 0 Å². The van der Waals surface area contributed by atoms with Gasteiger partial charge in [0.15, 0.2) is 0 Å². The Morgan fingerprint density at radius 1 is 1.38 bits per heavy atom. The van der Waals surface area contributed by atoms with Crippen LogP contribution in [0.2, 0.25) is 0 Å². The van der Waals surface area contributed by atoms with Crippen molar-refractivity contribution in [2.45, 2.75) is 39.7 Å². The molecule has 0 spiro atoms. The summed E-state index contributed by atoms with van der Waals surface area (Å²) in [7, 11) is 0. The highest BCUT2D eigenvalue weighted by Gasteiger charge is 2.11. The van der Waals surface area contributed by atoms with E-state index in [1.807, 2.05) is 0 Å². The lowest BCUT2D eigenvalue weighted by molar-refractivity contribution is 0.544. The molecule has 0 aliphatic rings. The van der Waals surface area contributed by atoms with Crippen LogP contribution >= 0.6 is 0 Å². The van der Waals surface area contributed by atoms with Crippen LogP contribution in [0.15, 0.2) is 30.4 Å². The van der Waals surface area contributed by atoms with Crippen molar-refractivity contribution in [2.24, 2.45) is 5.84 Å². The molecular formula is C14H22N2. The zero-order valence-corrected chi connectivity index (χ0v) is 10.5. The van der Waals surface area contributed by atoms with Gasteiger partial charge in [0.2, 0.25) is 0 Å². The number of rotatable bonds is 5. The van der Waals surface area contributed by atoms with Crippen molar-refractivity contribution in [1.29, 1.82) is 0 Å². The SMILES string of the molecule is C=C(CC)CC(NN)c1ccc(C)c(C)c1. The molecule has 1 unspecified atom stereocenters. The Kier molecular flexibility index (Phi) is 4.71. The predicted octanol–water partition coefficient (Wildman–Crippen LogP) is 3.16. The zero-order valence-electron chi connectivity index (χ0n) is 10.5. The van der Waals surface area contributed by atoms with Crippen LogP contribution in [0.1, 0.15) is 42.5 Å². The summed E-state index contributed by atoms with van der Waals surface area (Å²) < 4.78 is 0. The summed E-state index contributed by atoms with van der Waals surface area (Å²) in [6, 6.07) is 6.65. The fourth-order valence-corrected chi connectivity index (χ4v) is 1.69. The maximum absolute atomic E-state index is 5.60. The predicted molar refractivity (Wildman–Crippen MR) is 70.0 cm³/mol. The van der Waals surface area contributed by atoms with E-state index in [9.17, 15) is 0 Å². The molecule has 2 nitrogen and oxygen atoms in total.